The number of benzene rings is 1. The molecule has 0 aliphatic carbocycles. The Morgan fingerprint density at radius 1 is 0.900 bits per heavy atom. The summed E-state index contributed by atoms with van der Waals surface area (Å²) in [7, 11) is 0. The van der Waals surface area contributed by atoms with Crippen LogP contribution in [0.1, 0.15) is 5.56 Å². The molecule has 1 nitrogen and oxygen atoms in total. The van der Waals surface area contributed by atoms with E-state index in [9.17, 15) is 35.1 Å². The standard InChI is InChI=1S/C11H8F8O/c12-8(13)10(16,17)11(18,19)9(14,15)5-6-1-3-7(20)4-2-6/h1-4,8,20H,5H2. The van der Waals surface area contributed by atoms with Gasteiger partial charge in [0.25, 0.3) is 0 Å². The Balaban J connectivity index is 3.05. The molecule has 0 fully saturated rings. The van der Waals surface area contributed by atoms with Crippen LogP contribution < -0.4 is 0 Å². The fraction of sp³-hybridized carbons (Fsp3) is 0.455. The Bertz CT molecular complexity index is 454. The van der Waals surface area contributed by atoms with E-state index >= 15 is 0 Å². The molecule has 0 aromatic heterocycles. The van der Waals surface area contributed by atoms with Gasteiger partial charge in [0.05, 0.1) is 0 Å². The van der Waals surface area contributed by atoms with Gasteiger partial charge in [0.15, 0.2) is 0 Å². The van der Waals surface area contributed by atoms with E-state index in [1.54, 1.807) is 0 Å². The van der Waals surface area contributed by atoms with Crippen molar-refractivity contribution >= 4 is 0 Å². The number of alkyl halides is 8. The van der Waals surface area contributed by atoms with E-state index in [4.69, 9.17) is 5.11 Å². The maximum absolute atomic E-state index is 13.2. The lowest BCUT2D eigenvalue weighted by Gasteiger charge is -2.32. The number of hydrogen-bond acceptors (Lipinski definition) is 1. The molecule has 0 radical (unpaired) electrons. The van der Waals surface area contributed by atoms with Crippen molar-refractivity contribution in [2.24, 2.45) is 0 Å². The van der Waals surface area contributed by atoms with Gasteiger partial charge in [0.2, 0.25) is 0 Å². The van der Waals surface area contributed by atoms with Crippen LogP contribution in [0.25, 0.3) is 0 Å². The second-order valence-electron chi connectivity index (χ2n) is 4.05. The van der Waals surface area contributed by atoms with E-state index in [1.165, 1.54) is 0 Å². The zero-order chi connectivity index (χ0) is 15.8. The van der Waals surface area contributed by atoms with Crippen molar-refractivity contribution in [1.82, 2.24) is 0 Å². The molecule has 0 heterocycles. The van der Waals surface area contributed by atoms with Gasteiger partial charge in [-0.3, -0.25) is 0 Å². The summed E-state index contributed by atoms with van der Waals surface area (Å²) in [5.74, 6) is -18.1. The van der Waals surface area contributed by atoms with E-state index in [-0.39, 0.29) is 5.75 Å². The zero-order valence-corrected chi connectivity index (χ0v) is 9.56. The lowest BCUT2D eigenvalue weighted by atomic mass is 9.97. The SMILES string of the molecule is Oc1ccc(CC(F)(F)C(F)(F)C(F)(F)C(F)F)cc1. The molecule has 0 atom stereocenters. The molecule has 0 spiro atoms. The van der Waals surface area contributed by atoms with Crippen molar-refractivity contribution < 1.29 is 40.2 Å². The second kappa shape index (κ2) is 5.10. The zero-order valence-electron chi connectivity index (χ0n) is 9.56. The van der Waals surface area contributed by atoms with Gasteiger partial charge in [-0.25, -0.2) is 8.78 Å². The van der Waals surface area contributed by atoms with E-state index in [2.05, 4.69) is 0 Å². The van der Waals surface area contributed by atoms with Crippen LogP contribution in [0.4, 0.5) is 35.1 Å². The van der Waals surface area contributed by atoms with Crippen LogP contribution in [0.3, 0.4) is 0 Å². The third kappa shape index (κ3) is 2.80. The molecule has 0 aliphatic heterocycles. The molecule has 0 amide bonds. The van der Waals surface area contributed by atoms with Crippen molar-refractivity contribution in [3.05, 3.63) is 29.8 Å². The lowest BCUT2D eigenvalue weighted by molar-refractivity contribution is -0.337. The summed E-state index contributed by atoms with van der Waals surface area (Å²) >= 11 is 0. The van der Waals surface area contributed by atoms with Gasteiger partial charge in [-0.05, 0) is 17.7 Å². The lowest BCUT2D eigenvalue weighted by Crippen LogP contribution is -2.58. The smallest absolute Gasteiger partial charge is 0.378 e. The molecule has 0 unspecified atom stereocenters. The van der Waals surface area contributed by atoms with Crippen LogP contribution in [-0.2, 0) is 6.42 Å². The van der Waals surface area contributed by atoms with E-state index in [0.717, 1.165) is 24.3 Å². The Kier molecular flexibility index (Phi) is 4.21. The molecule has 114 valence electrons. The molecule has 0 bridgehead atoms. The first-order valence-corrected chi connectivity index (χ1v) is 5.11. The first-order valence-electron chi connectivity index (χ1n) is 5.11. The predicted molar refractivity (Wildman–Crippen MR) is 52.7 cm³/mol. The third-order valence-corrected chi connectivity index (χ3v) is 2.51. The maximum atomic E-state index is 13.2. The van der Waals surface area contributed by atoms with Crippen molar-refractivity contribution in [3.8, 4) is 5.75 Å². The first-order chi connectivity index (χ1) is 8.92. The minimum absolute atomic E-state index is 0.360. The van der Waals surface area contributed by atoms with E-state index in [0.29, 0.717) is 0 Å². The molecule has 1 rings (SSSR count). The summed E-state index contributed by atoms with van der Waals surface area (Å²) in [6, 6.07) is 3.32. The highest BCUT2D eigenvalue weighted by atomic mass is 19.4. The molecule has 0 saturated carbocycles. The highest BCUT2D eigenvalue weighted by Crippen LogP contribution is 2.49. The van der Waals surface area contributed by atoms with E-state index < -0.39 is 36.2 Å². The fourth-order valence-corrected chi connectivity index (χ4v) is 1.36. The van der Waals surface area contributed by atoms with Gasteiger partial charge in [-0.2, -0.15) is 26.3 Å². The first kappa shape index (κ1) is 16.5. The fourth-order valence-electron chi connectivity index (χ4n) is 1.36. The highest BCUT2D eigenvalue weighted by Gasteiger charge is 2.74. The van der Waals surface area contributed by atoms with Gasteiger partial charge in [0, 0.05) is 6.42 Å². The Morgan fingerprint density at radius 3 is 1.75 bits per heavy atom. The Hall–Kier alpha value is -1.54. The second-order valence-corrected chi connectivity index (χ2v) is 4.05. The van der Waals surface area contributed by atoms with Gasteiger partial charge in [-0.15, -0.1) is 0 Å². The average Bonchev–Trinajstić information content (AvgIpc) is 2.31. The van der Waals surface area contributed by atoms with Crippen molar-refractivity contribution in [3.63, 3.8) is 0 Å². The number of rotatable bonds is 5. The average molecular weight is 308 g/mol. The largest absolute Gasteiger partial charge is 0.508 e. The Morgan fingerprint density at radius 2 is 1.35 bits per heavy atom. The van der Waals surface area contributed by atoms with Crippen LogP contribution >= 0.6 is 0 Å². The normalized spacial score (nSPS) is 13.8. The Labute approximate surface area is 107 Å². The third-order valence-electron chi connectivity index (χ3n) is 2.51. The summed E-state index contributed by atoms with van der Waals surface area (Å²) in [6.45, 7) is 0. The topological polar surface area (TPSA) is 20.2 Å². The maximum Gasteiger partial charge on any atom is 0.378 e. The molecule has 0 saturated heterocycles. The van der Waals surface area contributed by atoms with Crippen LogP contribution in [0.2, 0.25) is 0 Å². The predicted octanol–water partition coefficient (Wildman–Crippen LogP) is 4.11. The highest BCUT2D eigenvalue weighted by molar-refractivity contribution is 5.27. The monoisotopic (exact) mass is 308 g/mol. The van der Waals surface area contributed by atoms with Crippen LogP contribution in [0, 0.1) is 0 Å². The van der Waals surface area contributed by atoms with Gasteiger partial charge >= 0.3 is 24.2 Å². The number of aromatic hydroxyl groups is 1. The van der Waals surface area contributed by atoms with E-state index in [1.807, 2.05) is 0 Å². The molecular formula is C11H8F8O. The molecule has 1 aromatic rings. The summed E-state index contributed by atoms with van der Waals surface area (Å²) < 4.78 is 101. The quantitative estimate of drug-likeness (QED) is 0.812. The molecule has 20 heavy (non-hydrogen) atoms. The van der Waals surface area contributed by atoms with Crippen LogP contribution in [0.5, 0.6) is 5.75 Å². The molecule has 0 aliphatic rings. The number of halogens is 8. The molecule has 9 heteroatoms. The van der Waals surface area contributed by atoms with Gasteiger partial charge in [0.1, 0.15) is 5.75 Å². The summed E-state index contributed by atoms with van der Waals surface area (Å²) in [5, 5.41) is 8.86. The summed E-state index contributed by atoms with van der Waals surface area (Å²) in [5.41, 5.74) is -0.516. The van der Waals surface area contributed by atoms with Crippen LogP contribution in [0.15, 0.2) is 24.3 Å². The van der Waals surface area contributed by atoms with Crippen molar-refractivity contribution in [1.29, 1.82) is 0 Å². The van der Waals surface area contributed by atoms with Crippen molar-refractivity contribution in [2.45, 2.75) is 30.6 Å². The number of hydrogen-bond donors (Lipinski definition) is 1. The van der Waals surface area contributed by atoms with Crippen LogP contribution in [-0.4, -0.2) is 29.3 Å². The summed E-state index contributed by atoms with van der Waals surface area (Å²) in [6.07, 6.45) is -6.80. The molecule has 1 aromatic carbocycles. The molecular weight excluding hydrogens is 300 g/mol. The minimum Gasteiger partial charge on any atom is -0.508 e. The number of phenolic OH excluding ortho intramolecular Hbond substituents is 1. The van der Waals surface area contributed by atoms with Gasteiger partial charge in [-0.1, -0.05) is 12.1 Å². The minimum atomic E-state index is -6.22. The van der Waals surface area contributed by atoms with Gasteiger partial charge < -0.3 is 5.11 Å². The summed E-state index contributed by atoms with van der Waals surface area (Å²) in [4.78, 5) is 0. The number of phenols is 1. The molecule has 1 N–H and O–H groups in total. The van der Waals surface area contributed by atoms with Crippen molar-refractivity contribution in [2.75, 3.05) is 0 Å².